The van der Waals surface area contributed by atoms with Gasteiger partial charge in [0.2, 0.25) is 0 Å². The molecule has 2 atom stereocenters. The second kappa shape index (κ2) is 12.2. The van der Waals surface area contributed by atoms with Crippen LogP contribution in [0, 0.1) is 0 Å². The number of nitrogens with zero attached hydrogens (tertiary/aromatic N) is 1. The van der Waals surface area contributed by atoms with Crippen LogP contribution in [0.4, 0.5) is 0 Å². The van der Waals surface area contributed by atoms with Gasteiger partial charge in [0.15, 0.2) is 5.78 Å². The van der Waals surface area contributed by atoms with Crippen molar-refractivity contribution in [2.75, 3.05) is 13.1 Å². The molecule has 0 aromatic carbocycles. The Labute approximate surface area is 145 Å². The average molecular weight is 339 g/mol. The highest BCUT2D eigenvalue weighted by Gasteiger charge is 2.31. The highest BCUT2D eigenvalue weighted by atomic mass is 16.4. The number of hydrogen-bond acceptors (Lipinski definition) is 4. The van der Waals surface area contributed by atoms with Crippen molar-refractivity contribution in [1.29, 1.82) is 0 Å². The summed E-state index contributed by atoms with van der Waals surface area (Å²) in [6, 6.07) is -0.0661. The van der Waals surface area contributed by atoms with Gasteiger partial charge in [-0.3, -0.25) is 14.5 Å². The van der Waals surface area contributed by atoms with Crippen LogP contribution in [0.25, 0.3) is 0 Å². The normalized spacial score (nSPS) is 20.1. The summed E-state index contributed by atoms with van der Waals surface area (Å²) in [5.74, 6) is -0.483. The van der Waals surface area contributed by atoms with Gasteiger partial charge in [0.05, 0.1) is 12.1 Å². The van der Waals surface area contributed by atoms with E-state index < -0.39 is 5.97 Å². The Balaban J connectivity index is 2.27. The van der Waals surface area contributed by atoms with Crippen molar-refractivity contribution in [1.82, 2.24) is 4.90 Å². The maximum absolute atomic E-state index is 12.0. The van der Waals surface area contributed by atoms with E-state index in [1.54, 1.807) is 0 Å². The average Bonchev–Trinajstić information content (AvgIpc) is 2.89. The lowest BCUT2D eigenvalue weighted by atomic mass is 10.1. The Bertz CT molecular complexity index is 408. The molecule has 0 saturated carbocycles. The smallest absolute Gasteiger partial charge is 0.303 e. The van der Waals surface area contributed by atoms with Crippen LogP contribution in [0.5, 0.6) is 0 Å². The summed E-state index contributed by atoms with van der Waals surface area (Å²) in [6.07, 6.45) is 11.5. The number of carboxylic acids is 1. The lowest BCUT2D eigenvalue weighted by molar-refractivity contribution is -0.137. The van der Waals surface area contributed by atoms with Crippen molar-refractivity contribution >= 4 is 11.8 Å². The lowest BCUT2D eigenvalue weighted by Gasteiger charge is -2.23. The van der Waals surface area contributed by atoms with Gasteiger partial charge in [0.25, 0.3) is 0 Å². The van der Waals surface area contributed by atoms with E-state index in [2.05, 4.69) is 11.8 Å². The predicted molar refractivity (Wildman–Crippen MR) is 95.0 cm³/mol. The number of likely N-dealkylation sites (tertiary alicyclic amines) is 1. The molecule has 0 aliphatic carbocycles. The number of aliphatic hydroxyl groups excluding tert-OH is 1. The minimum absolute atomic E-state index is 0.0661. The molecule has 2 N–H and O–H groups in total. The van der Waals surface area contributed by atoms with Crippen molar-refractivity contribution in [3.8, 4) is 0 Å². The first-order valence-electron chi connectivity index (χ1n) is 9.36. The molecule has 5 nitrogen and oxygen atoms in total. The van der Waals surface area contributed by atoms with Gasteiger partial charge in [0.1, 0.15) is 0 Å². The molecule has 138 valence electrons. The topological polar surface area (TPSA) is 77.8 Å². The largest absolute Gasteiger partial charge is 0.481 e. The van der Waals surface area contributed by atoms with Crippen LogP contribution in [0.2, 0.25) is 0 Å². The summed E-state index contributed by atoms with van der Waals surface area (Å²) in [6.45, 7) is 3.72. The number of unbranched alkanes of at least 4 members (excludes halogenated alkanes) is 3. The minimum atomic E-state index is -0.766. The van der Waals surface area contributed by atoms with Crippen LogP contribution in [0.3, 0.4) is 0 Å². The van der Waals surface area contributed by atoms with Gasteiger partial charge >= 0.3 is 5.97 Å². The standard InChI is InChI=1S/C19H33NO4/c1-2-3-6-9-16(21)12-14-20-15-13-18(22)17(20)10-7-4-5-8-11-19(23)24/h4,7,16-17,21H,2-3,5-6,8-15H2,1H3,(H,23,24)/b7-4-/t16?,17-/m1/s1. The SMILES string of the molecule is CCCCCC(O)CCN1CCC(=O)[C@H]1C/C=C\CCCC(=O)O. The maximum Gasteiger partial charge on any atom is 0.303 e. The Morgan fingerprint density at radius 3 is 2.79 bits per heavy atom. The molecule has 1 heterocycles. The summed E-state index contributed by atoms with van der Waals surface area (Å²) in [7, 11) is 0. The number of Topliss-reactive ketones (excluding diaryl/α,β-unsaturated/α-hetero) is 1. The van der Waals surface area contributed by atoms with E-state index in [-0.39, 0.29) is 24.3 Å². The number of carboxylic acid groups (broad SMARTS) is 1. The molecule has 0 radical (unpaired) electrons. The third kappa shape index (κ3) is 8.60. The zero-order chi connectivity index (χ0) is 17.8. The maximum atomic E-state index is 12.0. The minimum Gasteiger partial charge on any atom is -0.481 e. The van der Waals surface area contributed by atoms with Gasteiger partial charge in [-0.25, -0.2) is 0 Å². The molecule has 1 aliphatic heterocycles. The van der Waals surface area contributed by atoms with E-state index >= 15 is 0 Å². The number of carbonyl (C=O) groups excluding carboxylic acids is 1. The summed E-state index contributed by atoms with van der Waals surface area (Å²) in [4.78, 5) is 24.7. The summed E-state index contributed by atoms with van der Waals surface area (Å²) in [5.41, 5.74) is 0. The van der Waals surface area contributed by atoms with E-state index in [0.29, 0.717) is 19.3 Å². The summed E-state index contributed by atoms with van der Waals surface area (Å²) >= 11 is 0. The third-order valence-electron chi connectivity index (χ3n) is 4.64. The molecule has 1 fully saturated rings. The molecule has 0 aromatic rings. The van der Waals surface area contributed by atoms with Crippen LogP contribution in [-0.2, 0) is 9.59 Å². The fourth-order valence-electron chi connectivity index (χ4n) is 3.13. The monoisotopic (exact) mass is 339 g/mol. The molecular weight excluding hydrogens is 306 g/mol. The second-order valence-electron chi connectivity index (χ2n) is 6.70. The van der Waals surface area contributed by atoms with Crippen molar-refractivity contribution in [2.45, 2.75) is 83.3 Å². The van der Waals surface area contributed by atoms with Crippen LogP contribution in [0.1, 0.15) is 71.1 Å². The molecule has 24 heavy (non-hydrogen) atoms. The van der Waals surface area contributed by atoms with E-state index in [9.17, 15) is 14.7 Å². The zero-order valence-electron chi connectivity index (χ0n) is 15.0. The first-order chi connectivity index (χ1) is 11.5. The van der Waals surface area contributed by atoms with E-state index in [1.165, 1.54) is 0 Å². The summed E-state index contributed by atoms with van der Waals surface area (Å²) in [5, 5.41) is 18.6. The van der Waals surface area contributed by atoms with E-state index in [4.69, 9.17) is 5.11 Å². The Morgan fingerprint density at radius 1 is 1.29 bits per heavy atom. The highest BCUT2D eigenvalue weighted by Crippen LogP contribution is 2.19. The van der Waals surface area contributed by atoms with Crippen molar-refractivity contribution < 1.29 is 19.8 Å². The first kappa shape index (κ1) is 20.8. The summed E-state index contributed by atoms with van der Waals surface area (Å²) < 4.78 is 0. The van der Waals surface area contributed by atoms with Gasteiger partial charge in [-0.15, -0.1) is 0 Å². The molecule has 1 unspecified atom stereocenters. The molecule has 0 spiro atoms. The number of aliphatic carboxylic acids is 1. The van der Waals surface area contributed by atoms with Crippen molar-refractivity contribution in [2.24, 2.45) is 0 Å². The quantitative estimate of drug-likeness (QED) is 0.398. The Morgan fingerprint density at radius 2 is 2.08 bits per heavy atom. The predicted octanol–water partition coefficient (Wildman–Crippen LogP) is 3.16. The number of hydrogen-bond donors (Lipinski definition) is 2. The fraction of sp³-hybridized carbons (Fsp3) is 0.789. The zero-order valence-corrected chi connectivity index (χ0v) is 15.0. The molecule has 1 aliphatic rings. The number of rotatable bonds is 13. The Hall–Kier alpha value is -1.20. The highest BCUT2D eigenvalue weighted by molar-refractivity contribution is 5.86. The molecule has 0 aromatic heterocycles. The number of ketones is 1. The van der Waals surface area contributed by atoms with Gasteiger partial charge in [-0.2, -0.15) is 0 Å². The molecule has 0 amide bonds. The van der Waals surface area contributed by atoms with Gasteiger partial charge in [0, 0.05) is 25.9 Å². The number of allylic oxidation sites excluding steroid dienone is 1. The lowest BCUT2D eigenvalue weighted by Crippen LogP contribution is -2.34. The van der Waals surface area contributed by atoms with E-state index in [0.717, 1.165) is 51.6 Å². The van der Waals surface area contributed by atoms with E-state index in [1.807, 2.05) is 12.2 Å². The van der Waals surface area contributed by atoms with Crippen LogP contribution in [-0.4, -0.2) is 52.1 Å². The Kier molecular flexibility index (Phi) is 10.6. The first-order valence-corrected chi connectivity index (χ1v) is 9.36. The van der Waals surface area contributed by atoms with Gasteiger partial charge < -0.3 is 10.2 Å². The third-order valence-corrected chi connectivity index (χ3v) is 4.64. The molecule has 0 bridgehead atoms. The van der Waals surface area contributed by atoms with Crippen LogP contribution >= 0.6 is 0 Å². The van der Waals surface area contributed by atoms with Gasteiger partial charge in [-0.05, 0) is 32.1 Å². The molecular formula is C19H33NO4. The number of aliphatic hydroxyl groups is 1. The molecule has 5 heteroatoms. The molecule has 1 saturated heterocycles. The number of carbonyl (C=O) groups is 2. The second-order valence-corrected chi connectivity index (χ2v) is 6.70. The fourth-order valence-corrected chi connectivity index (χ4v) is 3.13. The van der Waals surface area contributed by atoms with Crippen molar-refractivity contribution in [3.05, 3.63) is 12.2 Å². The van der Waals surface area contributed by atoms with Crippen molar-refractivity contribution in [3.63, 3.8) is 0 Å². The van der Waals surface area contributed by atoms with Gasteiger partial charge in [-0.1, -0.05) is 38.3 Å². The van der Waals surface area contributed by atoms with Crippen LogP contribution < -0.4 is 0 Å². The van der Waals surface area contributed by atoms with Crippen LogP contribution in [0.15, 0.2) is 12.2 Å². The molecule has 1 rings (SSSR count).